The summed E-state index contributed by atoms with van der Waals surface area (Å²) in [6, 6.07) is 17.1. The van der Waals surface area contributed by atoms with Crippen molar-refractivity contribution in [3.05, 3.63) is 71.8 Å². The summed E-state index contributed by atoms with van der Waals surface area (Å²) in [6.07, 6.45) is 1.05. The molecule has 3 N–H and O–H groups in total. The Bertz CT molecular complexity index is 1430. The molecule has 0 spiro atoms. The highest BCUT2D eigenvalue weighted by atomic mass is 16.7. The summed E-state index contributed by atoms with van der Waals surface area (Å²) in [5.74, 6) is -4.26. The van der Waals surface area contributed by atoms with Gasteiger partial charge in [0.2, 0.25) is 0 Å². The predicted molar refractivity (Wildman–Crippen MR) is 176 cm³/mol. The summed E-state index contributed by atoms with van der Waals surface area (Å²) >= 11 is 0. The molecule has 6 rings (SSSR count). The van der Waals surface area contributed by atoms with Gasteiger partial charge in [-0.3, -0.25) is 4.79 Å². The standard InChI is InChI=1S/C39H50O9/c1-23(15-18-33(43)46-4)28-16-17-29-34-30(21-32(42)37(28,29)2)38(3)26(20-31(34)41)19-27(40)22-39(38,47-35(44)24-11-7-5-8-12-24)48-36(45)25-13-9-6-10-14-25/h5-14,23,26-32,34,40-42H,15-22H2,1-4H3. The molecule has 4 saturated carbocycles. The Balaban J connectivity index is 1.41. The Kier molecular flexibility index (Phi) is 9.52. The molecular weight excluding hydrogens is 612 g/mol. The summed E-state index contributed by atoms with van der Waals surface area (Å²) in [7, 11) is 1.39. The lowest BCUT2D eigenvalue weighted by Gasteiger charge is -2.66. The minimum absolute atomic E-state index is 0.0520. The maximum atomic E-state index is 13.9. The van der Waals surface area contributed by atoms with Gasteiger partial charge in [0, 0.05) is 6.42 Å². The van der Waals surface area contributed by atoms with Crippen molar-refractivity contribution in [2.75, 3.05) is 7.11 Å². The van der Waals surface area contributed by atoms with E-state index in [4.69, 9.17) is 14.2 Å². The van der Waals surface area contributed by atoms with E-state index >= 15 is 0 Å². The third-order valence-electron chi connectivity index (χ3n) is 13.2. The number of methoxy groups -OCH3 is 1. The maximum Gasteiger partial charge on any atom is 0.341 e. The average Bonchev–Trinajstić information content (AvgIpc) is 3.44. The number of fused-ring (bicyclic) bond motifs is 5. The van der Waals surface area contributed by atoms with Crippen LogP contribution in [-0.4, -0.2) is 64.4 Å². The van der Waals surface area contributed by atoms with E-state index in [1.54, 1.807) is 60.7 Å². The molecule has 260 valence electrons. The molecule has 48 heavy (non-hydrogen) atoms. The highest BCUT2D eigenvalue weighted by molar-refractivity contribution is 5.91. The molecule has 0 aliphatic heterocycles. The second-order valence-corrected chi connectivity index (χ2v) is 15.3. The number of carbonyl (C=O) groups is 3. The third-order valence-corrected chi connectivity index (χ3v) is 13.2. The van der Waals surface area contributed by atoms with E-state index in [1.807, 2.05) is 6.92 Å². The zero-order valence-electron chi connectivity index (χ0n) is 28.4. The number of hydrogen-bond donors (Lipinski definition) is 3. The van der Waals surface area contributed by atoms with Crippen molar-refractivity contribution in [1.82, 2.24) is 0 Å². The van der Waals surface area contributed by atoms with Crippen LogP contribution in [0.1, 0.15) is 92.9 Å². The number of carbonyl (C=O) groups excluding carboxylic acids is 3. The van der Waals surface area contributed by atoms with Gasteiger partial charge >= 0.3 is 17.9 Å². The first-order valence-corrected chi connectivity index (χ1v) is 17.5. The van der Waals surface area contributed by atoms with Gasteiger partial charge < -0.3 is 29.5 Å². The Labute approximate surface area is 283 Å². The fourth-order valence-electron chi connectivity index (χ4n) is 10.8. The normalized spacial score (nSPS) is 37.2. The number of rotatable bonds is 8. The van der Waals surface area contributed by atoms with Gasteiger partial charge in [-0.1, -0.05) is 57.2 Å². The first-order valence-electron chi connectivity index (χ1n) is 17.5. The lowest BCUT2D eigenvalue weighted by molar-refractivity contribution is -0.333. The zero-order valence-corrected chi connectivity index (χ0v) is 28.4. The minimum atomic E-state index is -1.88. The number of aliphatic hydroxyl groups excluding tert-OH is 3. The molecule has 9 nitrogen and oxygen atoms in total. The van der Waals surface area contributed by atoms with Crippen molar-refractivity contribution in [1.29, 1.82) is 0 Å². The van der Waals surface area contributed by atoms with E-state index in [2.05, 4.69) is 13.8 Å². The highest BCUT2D eigenvalue weighted by Gasteiger charge is 2.73. The SMILES string of the molecule is COC(=O)CCC(C)C1CCC2C3C(O)CC4CC(O)CC(OC(=O)c5ccccc5)(OC(=O)c5ccccc5)C4(C)C3CC(O)C12C. The van der Waals surface area contributed by atoms with E-state index in [9.17, 15) is 29.7 Å². The monoisotopic (exact) mass is 662 g/mol. The molecule has 0 heterocycles. The van der Waals surface area contributed by atoms with Crippen molar-refractivity contribution in [3.63, 3.8) is 0 Å². The van der Waals surface area contributed by atoms with Crippen LogP contribution in [0, 0.1) is 46.3 Å². The number of aliphatic hydroxyl groups is 3. The van der Waals surface area contributed by atoms with Crippen LogP contribution in [0.3, 0.4) is 0 Å². The fraction of sp³-hybridized carbons (Fsp3) is 0.615. The van der Waals surface area contributed by atoms with Crippen LogP contribution in [0.5, 0.6) is 0 Å². The van der Waals surface area contributed by atoms with Gasteiger partial charge in [0.25, 0.3) is 5.79 Å². The molecule has 0 bridgehead atoms. The molecule has 0 saturated heterocycles. The smallest absolute Gasteiger partial charge is 0.341 e. The van der Waals surface area contributed by atoms with E-state index in [0.717, 1.165) is 12.8 Å². The number of benzene rings is 2. The first-order chi connectivity index (χ1) is 22.9. The predicted octanol–water partition coefficient (Wildman–Crippen LogP) is 5.56. The molecule has 4 fully saturated rings. The third kappa shape index (κ3) is 5.65. The van der Waals surface area contributed by atoms with E-state index < -0.39 is 46.9 Å². The molecule has 0 radical (unpaired) electrons. The molecule has 2 aromatic rings. The largest absolute Gasteiger partial charge is 0.469 e. The van der Waals surface area contributed by atoms with Crippen LogP contribution >= 0.6 is 0 Å². The molecule has 2 aromatic carbocycles. The van der Waals surface area contributed by atoms with Crippen LogP contribution in [0.4, 0.5) is 0 Å². The van der Waals surface area contributed by atoms with Crippen molar-refractivity contribution >= 4 is 17.9 Å². The second-order valence-electron chi connectivity index (χ2n) is 15.3. The number of esters is 3. The molecule has 11 atom stereocenters. The topological polar surface area (TPSA) is 140 Å². The quantitative estimate of drug-likeness (QED) is 0.245. The van der Waals surface area contributed by atoms with Crippen LogP contribution < -0.4 is 0 Å². The molecule has 4 aliphatic rings. The van der Waals surface area contributed by atoms with Crippen LogP contribution in [0.2, 0.25) is 0 Å². The first kappa shape index (κ1) is 34.6. The second kappa shape index (κ2) is 13.2. The van der Waals surface area contributed by atoms with Crippen molar-refractivity contribution in [2.45, 2.75) is 96.2 Å². The summed E-state index contributed by atoms with van der Waals surface area (Å²) in [6.45, 7) is 6.24. The summed E-state index contributed by atoms with van der Waals surface area (Å²) < 4.78 is 17.8. The Hall–Kier alpha value is -3.27. The minimum Gasteiger partial charge on any atom is -0.469 e. The van der Waals surface area contributed by atoms with E-state index in [-0.39, 0.29) is 59.0 Å². The van der Waals surface area contributed by atoms with Gasteiger partial charge in [0.15, 0.2) is 0 Å². The van der Waals surface area contributed by atoms with Crippen LogP contribution in [0.15, 0.2) is 60.7 Å². The van der Waals surface area contributed by atoms with Crippen molar-refractivity contribution < 1.29 is 43.9 Å². The van der Waals surface area contributed by atoms with Crippen molar-refractivity contribution in [2.24, 2.45) is 46.3 Å². The molecule has 11 unspecified atom stereocenters. The fourth-order valence-corrected chi connectivity index (χ4v) is 10.8. The molecule has 4 aliphatic carbocycles. The molecule has 0 amide bonds. The Morgan fingerprint density at radius 1 is 0.833 bits per heavy atom. The zero-order chi connectivity index (χ0) is 34.4. The van der Waals surface area contributed by atoms with Gasteiger partial charge in [-0.15, -0.1) is 0 Å². The average molecular weight is 663 g/mol. The van der Waals surface area contributed by atoms with Crippen LogP contribution in [0.25, 0.3) is 0 Å². The molecule has 0 aromatic heterocycles. The summed E-state index contributed by atoms with van der Waals surface area (Å²) in [5, 5.41) is 35.5. The summed E-state index contributed by atoms with van der Waals surface area (Å²) in [5.41, 5.74) is -0.978. The van der Waals surface area contributed by atoms with Gasteiger partial charge in [-0.2, -0.15) is 0 Å². The van der Waals surface area contributed by atoms with Crippen molar-refractivity contribution in [3.8, 4) is 0 Å². The highest BCUT2D eigenvalue weighted by Crippen LogP contribution is 2.70. The number of hydrogen-bond acceptors (Lipinski definition) is 9. The Morgan fingerprint density at radius 3 is 1.98 bits per heavy atom. The van der Waals surface area contributed by atoms with Gasteiger partial charge in [-0.05, 0) is 104 Å². The summed E-state index contributed by atoms with van der Waals surface area (Å²) in [4.78, 5) is 39.8. The van der Waals surface area contributed by atoms with Gasteiger partial charge in [-0.25, -0.2) is 9.59 Å². The van der Waals surface area contributed by atoms with Crippen LogP contribution in [-0.2, 0) is 19.0 Å². The Morgan fingerprint density at radius 2 is 1.42 bits per heavy atom. The van der Waals surface area contributed by atoms with E-state index in [0.29, 0.717) is 32.1 Å². The molecule has 9 heteroatoms. The van der Waals surface area contributed by atoms with Gasteiger partial charge in [0.1, 0.15) is 0 Å². The number of ether oxygens (including phenoxy) is 3. The van der Waals surface area contributed by atoms with Gasteiger partial charge in [0.05, 0.1) is 48.4 Å². The maximum absolute atomic E-state index is 13.9. The lowest BCUT2D eigenvalue weighted by atomic mass is 9.41. The lowest BCUT2D eigenvalue weighted by Crippen LogP contribution is -2.71. The molecular formula is C39H50O9. The van der Waals surface area contributed by atoms with E-state index in [1.165, 1.54) is 7.11 Å².